The summed E-state index contributed by atoms with van der Waals surface area (Å²) in [4.78, 5) is 24.2. The molecular formula is C16H26O2. The molecule has 2 aliphatic rings. The van der Waals surface area contributed by atoms with E-state index in [4.69, 9.17) is 0 Å². The Bertz CT molecular complexity index is 383. The summed E-state index contributed by atoms with van der Waals surface area (Å²) < 4.78 is 0. The highest BCUT2D eigenvalue weighted by molar-refractivity contribution is 5.89. The Balaban J connectivity index is 2.25. The fourth-order valence-electron chi connectivity index (χ4n) is 4.44. The minimum atomic E-state index is -0.271. The molecule has 0 aromatic carbocycles. The van der Waals surface area contributed by atoms with Crippen molar-refractivity contribution in [3.05, 3.63) is 0 Å². The van der Waals surface area contributed by atoms with Crippen LogP contribution in [0.15, 0.2) is 0 Å². The molecule has 2 aliphatic carbocycles. The Hall–Kier alpha value is -0.660. The van der Waals surface area contributed by atoms with E-state index in [1.807, 2.05) is 0 Å². The van der Waals surface area contributed by atoms with Gasteiger partial charge in [0, 0.05) is 17.8 Å². The van der Waals surface area contributed by atoms with E-state index >= 15 is 0 Å². The molecule has 2 nitrogen and oxygen atoms in total. The van der Waals surface area contributed by atoms with Gasteiger partial charge in [-0.05, 0) is 43.4 Å². The SMILES string of the molecule is CC(=O)C[C@@H](C)[C@]1(C)CC2CC(C1=O)C(C)(C)C2. The molecular weight excluding hydrogens is 224 g/mol. The second kappa shape index (κ2) is 4.18. The van der Waals surface area contributed by atoms with Crippen molar-refractivity contribution in [3.8, 4) is 0 Å². The minimum absolute atomic E-state index is 0.162. The highest BCUT2D eigenvalue weighted by atomic mass is 16.1. The van der Waals surface area contributed by atoms with Crippen LogP contribution in [0.25, 0.3) is 0 Å². The fraction of sp³-hybridized carbons (Fsp3) is 0.875. The van der Waals surface area contributed by atoms with Gasteiger partial charge in [0.25, 0.3) is 0 Å². The zero-order valence-corrected chi connectivity index (χ0v) is 12.4. The first-order chi connectivity index (χ1) is 8.17. The largest absolute Gasteiger partial charge is 0.300 e. The molecule has 0 aromatic heterocycles. The predicted octanol–water partition coefficient (Wildman–Crippen LogP) is 3.63. The van der Waals surface area contributed by atoms with E-state index in [-0.39, 0.29) is 28.4 Å². The number of carbonyl (C=O) groups excluding carboxylic acids is 2. The smallest absolute Gasteiger partial charge is 0.142 e. The standard InChI is InChI=1S/C16H26O2/c1-10(6-11(2)17)16(5)9-12-7-13(14(16)18)15(3,4)8-12/h10,12-13H,6-9H2,1-5H3/t10-,12?,13?,16+/m1/s1. The normalized spacial score (nSPS) is 39.7. The molecule has 102 valence electrons. The monoisotopic (exact) mass is 250 g/mol. The number of fused-ring (bicyclic) bond motifs is 2. The van der Waals surface area contributed by atoms with E-state index in [0.29, 0.717) is 18.1 Å². The maximum absolute atomic E-state index is 12.8. The maximum Gasteiger partial charge on any atom is 0.142 e. The molecule has 2 unspecified atom stereocenters. The molecule has 0 aromatic rings. The fourth-order valence-corrected chi connectivity index (χ4v) is 4.44. The molecule has 0 amide bonds. The molecule has 2 bridgehead atoms. The Morgan fingerprint density at radius 2 is 1.94 bits per heavy atom. The zero-order valence-electron chi connectivity index (χ0n) is 12.4. The quantitative estimate of drug-likeness (QED) is 0.766. The summed E-state index contributed by atoms with van der Waals surface area (Å²) in [6.45, 7) is 10.3. The second-order valence-electron chi connectivity index (χ2n) is 7.64. The maximum atomic E-state index is 12.8. The van der Waals surface area contributed by atoms with Crippen LogP contribution >= 0.6 is 0 Å². The lowest BCUT2D eigenvalue weighted by Crippen LogP contribution is -2.44. The molecule has 0 spiro atoms. The van der Waals surface area contributed by atoms with Crippen LogP contribution in [0.1, 0.15) is 60.3 Å². The molecule has 2 fully saturated rings. The molecule has 0 radical (unpaired) electrons. The van der Waals surface area contributed by atoms with Crippen molar-refractivity contribution in [1.29, 1.82) is 0 Å². The van der Waals surface area contributed by atoms with Crippen LogP contribution in [0, 0.1) is 28.6 Å². The van der Waals surface area contributed by atoms with Crippen LogP contribution < -0.4 is 0 Å². The van der Waals surface area contributed by atoms with Gasteiger partial charge in [0.15, 0.2) is 0 Å². The van der Waals surface area contributed by atoms with E-state index in [1.54, 1.807) is 6.92 Å². The van der Waals surface area contributed by atoms with Crippen LogP contribution in [0.2, 0.25) is 0 Å². The van der Waals surface area contributed by atoms with Crippen LogP contribution in [-0.2, 0) is 9.59 Å². The molecule has 2 saturated carbocycles. The van der Waals surface area contributed by atoms with Gasteiger partial charge in [0.05, 0.1) is 0 Å². The predicted molar refractivity (Wildman–Crippen MR) is 72.2 cm³/mol. The molecule has 0 saturated heterocycles. The first-order valence-electron chi connectivity index (χ1n) is 7.20. The summed E-state index contributed by atoms with van der Waals surface area (Å²) in [5.41, 5.74) is -0.109. The van der Waals surface area contributed by atoms with Crippen molar-refractivity contribution in [1.82, 2.24) is 0 Å². The van der Waals surface area contributed by atoms with Crippen molar-refractivity contribution in [2.45, 2.75) is 60.3 Å². The summed E-state index contributed by atoms with van der Waals surface area (Å²) in [6, 6.07) is 0. The van der Waals surface area contributed by atoms with Gasteiger partial charge in [0.2, 0.25) is 0 Å². The van der Waals surface area contributed by atoms with Crippen LogP contribution in [0.3, 0.4) is 0 Å². The van der Waals surface area contributed by atoms with Crippen molar-refractivity contribution in [2.24, 2.45) is 28.6 Å². The number of Topliss-reactive ketones (excluding diaryl/α,β-unsaturated/α-hetero) is 2. The number of hydrogen-bond donors (Lipinski definition) is 0. The minimum Gasteiger partial charge on any atom is -0.300 e. The van der Waals surface area contributed by atoms with Crippen LogP contribution in [0.4, 0.5) is 0 Å². The average Bonchev–Trinajstić information content (AvgIpc) is 2.46. The first kappa shape index (κ1) is 13.8. The molecule has 0 aliphatic heterocycles. The van der Waals surface area contributed by atoms with Crippen molar-refractivity contribution < 1.29 is 9.59 Å². The molecule has 2 rings (SSSR count). The molecule has 0 N–H and O–H groups in total. The number of hydrogen-bond acceptors (Lipinski definition) is 2. The Labute approximate surface area is 111 Å². The number of rotatable bonds is 3. The van der Waals surface area contributed by atoms with E-state index in [9.17, 15) is 9.59 Å². The Morgan fingerprint density at radius 3 is 2.50 bits per heavy atom. The van der Waals surface area contributed by atoms with E-state index in [1.165, 1.54) is 6.42 Å². The van der Waals surface area contributed by atoms with E-state index in [2.05, 4.69) is 27.7 Å². The summed E-state index contributed by atoms with van der Waals surface area (Å²) >= 11 is 0. The summed E-state index contributed by atoms with van der Waals surface area (Å²) in [5.74, 6) is 1.71. The van der Waals surface area contributed by atoms with Gasteiger partial charge in [-0.15, -0.1) is 0 Å². The molecule has 18 heavy (non-hydrogen) atoms. The van der Waals surface area contributed by atoms with Gasteiger partial charge in [-0.25, -0.2) is 0 Å². The Kier molecular flexibility index (Phi) is 3.19. The topological polar surface area (TPSA) is 34.1 Å². The molecule has 2 heteroatoms. The third-order valence-electron chi connectivity index (χ3n) is 5.60. The van der Waals surface area contributed by atoms with E-state index in [0.717, 1.165) is 12.8 Å². The second-order valence-corrected chi connectivity index (χ2v) is 7.64. The van der Waals surface area contributed by atoms with Gasteiger partial charge in [0.1, 0.15) is 11.6 Å². The first-order valence-corrected chi connectivity index (χ1v) is 7.20. The highest BCUT2D eigenvalue weighted by Gasteiger charge is 2.56. The van der Waals surface area contributed by atoms with Gasteiger partial charge < -0.3 is 4.79 Å². The highest BCUT2D eigenvalue weighted by Crippen LogP contribution is 2.58. The van der Waals surface area contributed by atoms with Gasteiger partial charge in [-0.1, -0.05) is 27.7 Å². The number of carbonyl (C=O) groups is 2. The summed E-state index contributed by atoms with van der Waals surface area (Å²) in [6.07, 6.45) is 3.78. The lowest BCUT2D eigenvalue weighted by molar-refractivity contribution is -0.141. The lowest BCUT2D eigenvalue weighted by Gasteiger charge is -2.41. The van der Waals surface area contributed by atoms with E-state index < -0.39 is 0 Å². The van der Waals surface area contributed by atoms with Gasteiger partial charge >= 0.3 is 0 Å². The van der Waals surface area contributed by atoms with Crippen molar-refractivity contribution in [2.75, 3.05) is 0 Å². The third kappa shape index (κ3) is 2.04. The molecule has 0 heterocycles. The van der Waals surface area contributed by atoms with Gasteiger partial charge in [-0.2, -0.15) is 0 Å². The zero-order chi connectivity index (χ0) is 13.7. The van der Waals surface area contributed by atoms with Crippen molar-refractivity contribution >= 4 is 11.6 Å². The average molecular weight is 250 g/mol. The molecule has 4 atom stereocenters. The van der Waals surface area contributed by atoms with Crippen LogP contribution in [-0.4, -0.2) is 11.6 Å². The lowest BCUT2D eigenvalue weighted by atomic mass is 9.60. The van der Waals surface area contributed by atoms with Crippen LogP contribution in [0.5, 0.6) is 0 Å². The summed E-state index contributed by atoms with van der Waals surface area (Å²) in [7, 11) is 0. The van der Waals surface area contributed by atoms with Crippen molar-refractivity contribution in [3.63, 3.8) is 0 Å². The van der Waals surface area contributed by atoms with Gasteiger partial charge in [-0.3, -0.25) is 4.79 Å². The number of ketones is 2. The summed E-state index contributed by atoms with van der Waals surface area (Å²) in [5, 5.41) is 0. The Morgan fingerprint density at radius 1 is 1.33 bits per heavy atom. The third-order valence-corrected chi connectivity index (χ3v) is 5.60.